The largest absolute Gasteiger partial charge is 0.454 e. The van der Waals surface area contributed by atoms with Gasteiger partial charge in [0.25, 0.3) is 0 Å². The molecule has 2 atom stereocenters. The van der Waals surface area contributed by atoms with E-state index in [2.05, 4.69) is 76.0 Å². The minimum atomic E-state index is -0.104. The zero-order chi connectivity index (χ0) is 25.7. The fourth-order valence-corrected chi connectivity index (χ4v) is 5.71. The van der Waals surface area contributed by atoms with E-state index in [1.807, 2.05) is 44.6 Å². The van der Waals surface area contributed by atoms with Gasteiger partial charge in [-0.1, -0.05) is 6.07 Å². The molecule has 2 aromatic carbocycles. The summed E-state index contributed by atoms with van der Waals surface area (Å²) in [5, 5.41) is 4.26. The summed E-state index contributed by atoms with van der Waals surface area (Å²) in [7, 11) is 4.09. The fourth-order valence-electron chi connectivity index (χ4n) is 5.37. The van der Waals surface area contributed by atoms with E-state index in [1.54, 1.807) is 0 Å². The highest BCUT2D eigenvalue weighted by molar-refractivity contribution is 7.80. The quantitative estimate of drug-likeness (QED) is 0.357. The number of aryl methyl sites for hydroxylation is 1. The van der Waals surface area contributed by atoms with Gasteiger partial charge in [0.15, 0.2) is 16.6 Å². The van der Waals surface area contributed by atoms with Gasteiger partial charge in [-0.2, -0.15) is 0 Å². The molecular weight excluding hydrogens is 482 g/mol. The summed E-state index contributed by atoms with van der Waals surface area (Å²) in [6, 6.07) is 22.7. The number of fused-ring (bicyclic) bond motifs is 1. The summed E-state index contributed by atoms with van der Waals surface area (Å²) in [4.78, 5) is 9.02. The summed E-state index contributed by atoms with van der Waals surface area (Å²) in [5.41, 5.74) is 7.64. The monoisotopic (exact) mass is 511 g/mol. The Morgan fingerprint density at radius 2 is 1.70 bits per heavy atom. The molecule has 4 aromatic rings. The predicted octanol–water partition coefficient (Wildman–Crippen LogP) is 5.46. The van der Waals surface area contributed by atoms with E-state index < -0.39 is 0 Å². The van der Waals surface area contributed by atoms with Gasteiger partial charge in [-0.15, -0.1) is 0 Å². The molecule has 1 saturated heterocycles. The van der Waals surface area contributed by atoms with Gasteiger partial charge in [-0.3, -0.25) is 4.98 Å². The Balaban J connectivity index is 1.48. The maximum atomic E-state index is 5.93. The van der Waals surface area contributed by atoms with E-state index in [0.717, 1.165) is 45.6 Å². The molecule has 4 heterocycles. The summed E-state index contributed by atoms with van der Waals surface area (Å²) < 4.78 is 13.4. The SMILES string of the molecule is Cc1cc([C@H]2[C@H](c3ccccn3)NC(=S)N2c2ccc(N(C)C)cc2)c(C)n1-c1ccc2c(c1)OCO2. The minimum absolute atomic E-state index is 0.0819. The van der Waals surface area contributed by atoms with Gasteiger partial charge < -0.3 is 29.2 Å². The molecule has 0 aliphatic carbocycles. The van der Waals surface area contributed by atoms with Crippen LogP contribution in [0.1, 0.15) is 34.7 Å². The third kappa shape index (κ3) is 3.97. The second-order valence-corrected chi connectivity index (χ2v) is 9.99. The second kappa shape index (κ2) is 9.12. The molecule has 37 heavy (non-hydrogen) atoms. The molecular formula is C29H29N5O2S. The smallest absolute Gasteiger partial charge is 0.231 e. The van der Waals surface area contributed by atoms with Crippen LogP contribution in [0.25, 0.3) is 5.69 Å². The van der Waals surface area contributed by atoms with E-state index in [4.69, 9.17) is 26.7 Å². The van der Waals surface area contributed by atoms with Crippen LogP contribution in [0.5, 0.6) is 11.5 Å². The average Bonchev–Trinajstić information content (AvgIpc) is 3.59. The first-order valence-electron chi connectivity index (χ1n) is 12.3. The van der Waals surface area contributed by atoms with Gasteiger partial charge in [-0.25, -0.2) is 0 Å². The van der Waals surface area contributed by atoms with Crippen molar-refractivity contribution in [2.75, 3.05) is 30.7 Å². The zero-order valence-electron chi connectivity index (χ0n) is 21.3. The van der Waals surface area contributed by atoms with Crippen molar-refractivity contribution in [3.8, 4) is 17.2 Å². The van der Waals surface area contributed by atoms with E-state index in [9.17, 15) is 0 Å². The van der Waals surface area contributed by atoms with Crippen molar-refractivity contribution >= 4 is 28.7 Å². The Kier molecular flexibility index (Phi) is 5.76. The Bertz CT molecular complexity index is 1470. The number of thiocarbonyl (C=S) groups is 1. The van der Waals surface area contributed by atoms with Crippen molar-refractivity contribution in [2.24, 2.45) is 0 Å². The molecule has 8 heteroatoms. The van der Waals surface area contributed by atoms with Gasteiger partial charge in [0, 0.05) is 54.8 Å². The molecule has 188 valence electrons. The molecule has 0 unspecified atom stereocenters. The van der Waals surface area contributed by atoms with Crippen molar-refractivity contribution in [2.45, 2.75) is 25.9 Å². The van der Waals surface area contributed by atoms with E-state index >= 15 is 0 Å². The van der Waals surface area contributed by atoms with E-state index in [1.165, 1.54) is 5.56 Å². The Labute approximate surface area is 222 Å². The minimum Gasteiger partial charge on any atom is -0.454 e. The highest BCUT2D eigenvalue weighted by Crippen LogP contribution is 2.44. The van der Waals surface area contributed by atoms with Crippen LogP contribution in [-0.4, -0.2) is 35.6 Å². The molecule has 0 amide bonds. The maximum Gasteiger partial charge on any atom is 0.231 e. The van der Waals surface area contributed by atoms with Crippen molar-refractivity contribution in [3.05, 3.63) is 95.6 Å². The number of anilines is 2. The van der Waals surface area contributed by atoms with Crippen LogP contribution in [0.4, 0.5) is 11.4 Å². The van der Waals surface area contributed by atoms with Gasteiger partial charge in [0.05, 0.1) is 17.8 Å². The van der Waals surface area contributed by atoms with Gasteiger partial charge in [0.1, 0.15) is 0 Å². The normalized spacial score (nSPS) is 18.3. The number of hydrogen-bond acceptors (Lipinski definition) is 5. The summed E-state index contributed by atoms with van der Waals surface area (Å²) in [6.45, 7) is 4.55. The van der Waals surface area contributed by atoms with Crippen LogP contribution in [0.2, 0.25) is 0 Å². The lowest BCUT2D eigenvalue weighted by Gasteiger charge is -2.28. The average molecular weight is 512 g/mol. The molecule has 1 fully saturated rings. The van der Waals surface area contributed by atoms with Crippen LogP contribution in [0.3, 0.4) is 0 Å². The summed E-state index contributed by atoms with van der Waals surface area (Å²) in [5.74, 6) is 1.54. The molecule has 0 saturated carbocycles. The zero-order valence-corrected chi connectivity index (χ0v) is 22.1. The molecule has 0 bridgehead atoms. The standard InChI is InChI=1S/C29H29N5O2S/c1-18-15-23(19(2)33(18)22-12-13-25-26(16-22)36-17-35-25)28-27(24-7-5-6-14-30-24)31-29(37)34(28)21-10-8-20(9-11-21)32(3)4/h5-16,27-28H,17H2,1-4H3,(H,31,37)/t27-,28-/m0/s1. The number of rotatable bonds is 5. The topological polar surface area (TPSA) is 54.8 Å². The van der Waals surface area contributed by atoms with Crippen LogP contribution >= 0.6 is 12.2 Å². The lowest BCUT2D eigenvalue weighted by Crippen LogP contribution is -2.29. The van der Waals surface area contributed by atoms with Crippen molar-refractivity contribution in [1.29, 1.82) is 0 Å². The van der Waals surface area contributed by atoms with Crippen molar-refractivity contribution < 1.29 is 9.47 Å². The Morgan fingerprint density at radius 3 is 2.43 bits per heavy atom. The number of benzene rings is 2. The first-order chi connectivity index (χ1) is 17.9. The number of nitrogens with zero attached hydrogens (tertiary/aromatic N) is 4. The molecule has 2 aliphatic heterocycles. The van der Waals surface area contributed by atoms with E-state index in [0.29, 0.717) is 5.11 Å². The maximum absolute atomic E-state index is 5.93. The highest BCUT2D eigenvalue weighted by Gasteiger charge is 2.42. The van der Waals surface area contributed by atoms with Crippen LogP contribution in [-0.2, 0) is 0 Å². The second-order valence-electron chi connectivity index (χ2n) is 9.61. The molecule has 6 rings (SSSR count). The molecule has 1 N–H and O–H groups in total. The third-order valence-corrected chi connectivity index (χ3v) is 7.46. The Morgan fingerprint density at radius 1 is 0.946 bits per heavy atom. The fraction of sp³-hybridized carbons (Fsp3) is 0.241. The molecule has 7 nitrogen and oxygen atoms in total. The number of aromatic nitrogens is 2. The number of pyridine rings is 1. The van der Waals surface area contributed by atoms with Gasteiger partial charge >= 0.3 is 0 Å². The van der Waals surface area contributed by atoms with Gasteiger partial charge in [-0.05, 0) is 86.2 Å². The summed E-state index contributed by atoms with van der Waals surface area (Å²) >= 11 is 5.93. The molecule has 2 aromatic heterocycles. The number of nitrogens with one attached hydrogen (secondary N) is 1. The van der Waals surface area contributed by atoms with Crippen LogP contribution in [0, 0.1) is 13.8 Å². The molecule has 2 aliphatic rings. The number of hydrogen-bond donors (Lipinski definition) is 1. The number of ether oxygens (including phenoxy) is 2. The lowest BCUT2D eigenvalue weighted by molar-refractivity contribution is 0.174. The molecule has 0 radical (unpaired) electrons. The Hall–Kier alpha value is -4.04. The summed E-state index contributed by atoms with van der Waals surface area (Å²) in [6.07, 6.45) is 1.83. The lowest BCUT2D eigenvalue weighted by atomic mass is 9.96. The van der Waals surface area contributed by atoms with Gasteiger partial charge in [0.2, 0.25) is 6.79 Å². The first-order valence-corrected chi connectivity index (χ1v) is 12.7. The highest BCUT2D eigenvalue weighted by atomic mass is 32.1. The van der Waals surface area contributed by atoms with Crippen molar-refractivity contribution in [1.82, 2.24) is 14.9 Å². The van der Waals surface area contributed by atoms with Crippen molar-refractivity contribution in [3.63, 3.8) is 0 Å². The van der Waals surface area contributed by atoms with Crippen LogP contribution < -0.4 is 24.6 Å². The van der Waals surface area contributed by atoms with Crippen LogP contribution in [0.15, 0.2) is 72.9 Å². The predicted molar refractivity (Wildman–Crippen MR) is 150 cm³/mol. The molecule has 0 spiro atoms. The first kappa shape index (κ1) is 23.4. The third-order valence-electron chi connectivity index (χ3n) is 7.15. The van der Waals surface area contributed by atoms with E-state index in [-0.39, 0.29) is 18.9 Å².